The quantitative estimate of drug-likeness (QED) is 0.868. The first kappa shape index (κ1) is 14.0. The zero-order valence-electron chi connectivity index (χ0n) is 12.0. The van der Waals surface area contributed by atoms with E-state index in [1.54, 1.807) is 0 Å². The summed E-state index contributed by atoms with van der Waals surface area (Å²) in [4.78, 5) is 2.28. The SMILES string of the molecule is Cc1nn(C)c(N(C)CC(C)(C)C)c1CCN. The number of nitrogens with two attached hydrogens (primary N) is 1. The fraction of sp³-hybridized carbons (Fsp3) is 0.769. The van der Waals surface area contributed by atoms with Crippen LogP contribution in [0.3, 0.4) is 0 Å². The van der Waals surface area contributed by atoms with Crippen LogP contribution < -0.4 is 10.6 Å². The Morgan fingerprint density at radius 2 is 1.94 bits per heavy atom. The van der Waals surface area contributed by atoms with Crippen molar-refractivity contribution < 1.29 is 0 Å². The summed E-state index contributed by atoms with van der Waals surface area (Å²) in [6.45, 7) is 10.5. The Morgan fingerprint density at radius 3 is 2.41 bits per heavy atom. The average Bonchev–Trinajstić information content (AvgIpc) is 2.39. The fourth-order valence-electron chi connectivity index (χ4n) is 2.39. The summed E-state index contributed by atoms with van der Waals surface area (Å²) in [7, 11) is 4.13. The molecule has 0 spiro atoms. The number of nitrogens with zero attached hydrogens (tertiary/aromatic N) is 3. The number of anilines is 1. The molecule has 0 aromatic carbocycles. The van der Waals surface area contributed by atoms with Gasteiger partial charge in [0.1, 0.15) is 5.82 Å². The molecular weight excluding hydrogens is 212 g/mol. The van der Waals surface area contributed by atoms with Gasteiger partial charge in [0, 0.05) is 26.2 Å². The summed E-state index contributed by atoms with van der Waals surface area (Å²) in [5, 5.41) is 4.50. The summed E-state index contributed by atoms with van der Waals surface area (Å²) < 4.78 is 1.96. The Bertz CT molecular complexity index is 374. The summed E-state index contributed by atoms with van der Waals surface area (Å²) in [5.74, 6) is 1.20. The van der Waals surface area contributed by atoms with Gasteiger partial charge in [0.15, 0.2) is 0 Å². The number of hydrogen-bond donors (Lipinski definition) is 1. The number of hydrogen-bond acceptors (Lipinski definition) is 3. The van der Waals surface area contributed by atoms with Crippen LogP contribution in [0.4, 0.5) is 5.82 Å². The number of aryl methyl sites for hydroxylation is 2. The van der Waals surface area contributed by atoms with Gasteiger partial charge in [0.2, 0.25) is 0 Å². The molecule has 1 heterocycles. The minimum atomic E-state index is 0.271. The predicted molar refractivity (Wildman–Crippen MR) is 73.4 cm³/mol. The normalized spacial score (nSPS) is 11.9. The molecule has 1 rings (SSSR count). The molecule has 0 saturated carbocycles. The number of rotatable bonds is 4. The molecule has 1 aromatic rings. The molecule has 0 bridgehead atoms. The maximum atomic E-state index is 5.68. The summed E-state index contributed by atoms with van der Waals surface area (Å²) in [5.41, 5.74) is 8.32. The molecular formula is C13H26N4. The van der Waals surface area contributed by atoms with E-state index in [0.29, 0.717) is 6.54 Å². The zero-order chi connectivity index (χ0) is 13.2. The van der Waals surface area contributed by atoms with Crippen LogP contribution in [0.1, 0.15) is 32.0 Å². The molecule has 0 aliphatic rings. The van der Waals surface area contributed by atoms with E-state index in [9.17, 15) is 0 Å². The molecule has 0 aliphatic carbocycles. The lowest BCUT2D eigenvalue weighted by atomic mass is 9.96. The molecule has 0 saturated heterocycles. The molecule has 0 fully saturated rings. The minimum Gasteiger partial charge on any atom is -0.359 e. The molecule has 98 valence electrons. The van der Waals surface area contributed by atoms with E-state index in [4.69, 9.17) is 5.73 Å². The third kappa shape index (κ3) is 3.46. The summed E-state index contributed by atoms with van der Waals surface area (Å²) >= 11 is 0. The van der Waals surface area contributed by atoms with Gasteiger partial charge in [-0.25, -0.2) is 0 Å². The molecule has 0 aliphatic heterocycles. The summed E-state index contributed by atoms with van der Waals surface area (Å²) in [6, 6.07) is 0. The van der Waals surface area contributed by atoms with Gasteiger partial charge in [-0.05, 0) is 25.3 Å². The van der Waals surface area contributed by atoms with Crippen LogP contribution in [0.5, 0.6) is 0 Å². The van der Waals surface area contributed by atoms with Gasteiger partial charge in [0.05, 0.1) is 5.69 Å². The van der Waals surface area contributed by atoms with Crippen LogP contribution in [0, 0.1) is 12.3 Å². The molecule has 2 N–H and O–H groups in total. The first-order chi connectivity index (χ1) is 7.76. The van der Waals surface area contributed by atoms with Crippen molar-refractivity contribution in [3.8, 4) is 0 Å². The van der Waals surface area contributed by atoms with Gasteiger partial charge in [-0.3, -0.25) is 4.68 Å². The van der Waals surface area contributed by atoms with Gasteiger partial charge in [-0.2, -0.15) is 5.10 Å². The third-order valence-corrected chi connectivity index (χ3v) is 2.78. The molecule has 0 atom stereocenters. The van der Waals surface area contributed by atoms with Crippen molar-refractivity contribution in [3.05, 3.63) is 11.3 Å². The third-order valence-electron chi connectivity index (χ3n) is 2.78. The zero-order valence-corrected chi connectivity index (χ0v) is 12.0. The van der Waals surface area contributed by atoms with Gasteiger partial charge in [0.25, 0.3) is 0 Å². The fourth-order valence-corrected chi connectivity index (χ4v) is 2.39. The maximum Gasteiger partial charge on any atom is 0.129 e. The molecule has 4 nitrogen and oxygen atoms in total. The lowest BCUT2D eigenvalue weighted by Crippen LogP contribution is -2.31. The monoisotopic (exact) mass is 238 g/mol. The van der Waals surface area contributed by atoms with Crippen molar-refractivity contribution in [3.63, 3.8) is 0 Å². The van der Waals surface area contributed by atoms with Gasteiger partial charge in [-0.15, -0.1) is 0 Å². The largest absolute Gasteiger partial charge is 0.359 e. The number of aromatic nitrogens is 2. The highest BCUT2D eigenvalue weighted by atomic mass is 15.4. The average molecular weight is 238 g/mol. The van der Waals surface area contributed by atoms with Crippen molar-refractivity contribution in [2.24, 2.45) is 18.2 Å². The Morgan fingerprint density at radius 1 is 1.35 bits per heavy atom. The minimum absolute atomic E-state index is 0.271. The predicted octanol–water partition coefficient (Wildman–Crippen LogP) is 1.71. The Labute approximate surface area is 105 Å². The highest BCUT2D eigenvalue weighted by molar-refractivity contribution is 5.50. The lowest BCUT2D eigenvalue weighted by Gasteiger charge is -2.29. The smallest absolute Gasteiger partial charge is 0.129 e. The van der Waals surface area contributed by atoms with Crippen molar-refractivity contribution in [1.82, 2.24) is 9.78 Å². The highest BCUT2D eigenvalue weighted by Crippen LogP contribution is 2.25. The lowest BCUT2D eigenvalue weighted by molar-refractivity contribution is 0.415. The van der Waals surface area contributed by atoms with Crippen LogP contribution in [0.15, 0.2) is 0 Å². The van der Waals surface area contributed by atoms with E-state index in [-0.39, 0.29) is 5.41 Å². The second kappa shape index (κ2) is 5.08. The van der Waals surface area contributed by atoms with E-state index < -0.39 is 0 Å². The van der Waals surface area contributed by atoms with Crippen LogP contribution >= 0.6 is 0 Å². The van der Waals surface area contributed by atoms with Crippen LogP contribution in [0.25, 0.3) is 0 Å². The van der Waals surface area contributed by atoms with Gasteiger partial charge in [-0.1, -0.05) is 20.8 Å². The Balaban J connectivity index is 3.03. The van der Waals surface area contributed by atoms with Crippen LogP contribution in [-0.2, 0) is 13.5 Å². The first-order valence-corrected chi connectivity index (χ1v) is 6.20. The van der Waals surface area contributed by atoms with Crippen molar-refractivity contribution in [2.75, 3.05) is 25.0 Å². The molecule has 17 heavy (non-hydrogen) atoms. The molecule has 0 amide bonds. The molecule has 4 heteroatoms. The van der Waals surface area contributed by atoms with E-state index in [1.165, 1.54) is 11.4 Å². The van der Waals surface area contributed by atoms with E-state index >= 15 is 0 Å². The van der Waals surface area contributed by atoms with Gasteiger partial charge < -0.3 is 10.6 Å². The first-order valence-electron chi connectivity index (χ1n) is 6.20. The Hall–Kier alpha value is -1.03. The van der Waals surface area contributed by atoms with Crippen molar-refractivity contribution in [1.29, 1.82) is 0 Å². The van der Waals surface area contributed by atoms with E-state index in [2.05, 4.69) is 44.7 Å². The second-order valence-corrected chi connectivity index (χ2v) is 5.97. The highest BCUT2D eigenvalue weighted by Gasteiger charge is 2.20. The van der Waals surface area contributed by atoms with Crippen LogP contribution in [-0.4, -0.2) is 29.9 Å². The molecule has 0 unspecified atom stereocenters. The van der Waals surface area contributed by atoms with Crippen LogP contribution in [0.2, 0.25) is 0 Å². The standard InChI is InChI=1S/C13H26N4/c1-10-11(7-8-14)12(17(6)15-10)16(5)9-13(2,3)4/h7-9,14H2,1-6H3. The summed E-state index contributed by atoms with van der Waals surface area (Å²) in [6.07, 6.45) is 0.892. The topological polar surface area (TPSA) is 47.1 Å². The van der Waals surface area contributed by atoms with E-state index in [0.717, 1.165) is 18.7 Å². The van der Waals surface area contributed by atoms with Crippen molar-refractivity contribution in [2.45, 2.75) is 34.1 Å². The van der Waals surface area contributed by atoms with Crippen molar-refractivity contribution >= 4 is 5.82 Å². The second-order valence-electron chi connectivity index (χ2n) is 5.97. The Kier molecular flexibility index (Phi) is 4.20. The molecule has 0 radical (unpaired) electrons. The van der Waals surface area contributed by atoms with Gasteiger partial charge >= 0.3 is 0 Å². The van der Waals surface area contributed by atoms with E-state index in [1.807, 2.05) is 11.7 Å². The molecule has 1 aromatic heterocycles. The maximum absolute atomic E-state index is 5.68.